The second kappa shape index (κ2) is 7.47. The van der Waals surface area contributed by atoms with Gasteiger partial charge in [0.05, 0.1) is 0 Å². The lowest BCUT2D eigenvalue weighted by molar-refractivity contribution is -0.123. The summed E-state index contributed by atoms with van der Waals surface area (Å²) in [6, 6.07) is 8.48. The average Bonchev–Trinajstić information content (AvgIpc) is 3.18. The topological polar surface area (TPSA) is 58.2 Å². The van der Waals surface area contributed by atoms with Crippen LogP contribution in [0.25, 0.3) is 0 Å². The summed E-state index contributed by atoms with van der Waals surface area (Å²) in [6.07, 6.45) is 5.87. The van der Waals surface area contributed by atoms with Gasteiger partial charge in [0.15, 0.2) is 0 Å². The fourth-order valence-electron chi connectivity index (χ4n) is 3.39. The van der Waals surface area contributed by atoms with E-state index in [1.165, 1.54) is 18.4 Å². The van der Waals surface area contributed by atoms with Gasteiger partial charge in [-0.15, -0.1) is 0 Å². The maximum Gasteiger partial charge on any atom is 0.223 e. The van der Waals surface area contributed by atoms with Gasteiger partial charge in [0.1, 0.15) is 0 Å². The van der Waals surface area contributed by atoms with Gasteiger partial charge in [-0.1, -0.05) is 40.9 Å². The number of hydrogen-bond acceptors (Lipinski definition) is 2. The summed E-state index contributed by atoms with van der Waals surface area (Å²) >= 11 is 3.46. The quantitative estimate of drug-likeness (QED) is 0.798. The van der Waals surface area contributed by atoms with Gasteiger partial charge >= 0.3 is 0 Å². The number of rotatable bonds is 6. The molecule has 124 valence electrons. The van der Waals surface area contributed by atoms with Crippen LogP contribution in [0.1, 0.15) is 50.0 Å². The SMILES string of the molecule is O=C(CCNC(=O)C1CC1c1cccc(Br)c1)NC1CCCC1. The summed E-state index contributed by atoms with van der Waals surface area (Å²) in [5, 5.41) is 5.95. The predicted octanol–water partition coefficient (Wildman–Crippen LogP) is 3.12. The smallest absolute Gasteiger partial charge is 0.223 e. The van der Waals surface area contributed by atoms with E-state index in [1.807, 2.05) is 12.1 Å². The van der Waals surface area contributed by atoms with Crippen molar-refractivity contribution in [2.45, 2.75) is 50.5 Å². The molecule has 2 N–H and O–H groups in total. The molecule has 2 aliphatic rings. The van der Waals surface area contributed by atoms with E-state index in [-0.39, 0.29) is 17.7 Å². The molecular formula is C18H23BrN2O2. The Morgan fingerprint density at radius 1 is 1.22 bits per heavy atom. The molecular weight excluding hydrogens is 356 g/mol. The Morgan fingerprint density at radius 3 is 2.74 bits per heavy atom. The molecule has 0 aliphatic heterocycles. The summed E-state index contributed by atoms with van der Waals surface area (Å²) in [5.74, 6) is 0.502. The molecule has 0 bridgehead atoms. The second-order valence-corrected chi connectivity index (χ2v) is 7.51. The highest BCUT2D eigenvalue weighted by Gasteiger charge is 2.43. The van der Waals surface area contributed by atoms with Crippen LogP contribution in [0.15, 0.2) is 28.7 Å². The molecule has 3 rings (SSSR count). The minimum atomic E-state index is 0.0523. The van der Waals surface area contributed by atoms with Gasteiger partial charge in [0, 0.05) is 29.4 Å². The number of carbonyl (C=O) groups excluding carboxylic acids is 2. The molecule has 2 unspecified atom stereocenters. The number of nitrogens with one attached hydrogen (secondary N) is 2. The molecule has 2 saturated carbocycles. The zero-order chi connectivity index (χ0) is 16.2. The van der Waals surface area contributed by atoms with Crippen molar-refractivity contribution in [1.29, 1.82) is 0 Å². The molecule has 2 fully saturated rings. The summed E-state index contributed by atoms with van der Waals surface area (Å²) in [5.41, 5.74) is 1.21. The molecule has 1 aromatic rings. The fourth-order valence-corrected chi connectivity index (χ4v) is 3.81. The standard InChI is InChI=1S/C18H23BrN2O2/c19-13-5-3-4-12(10-13)15-11-16(15)18(23)20-9-8-17(22)21-14-6-1-2-7-14/h3-5,10,14-16H,1-2,6-9,11H2,(H,20,23)(H,21,22). The summed E-state index contributed by atoms with van der Waals surface area (Å²) in [7, 11) is 0. The van der Waals surface area contributed by atoms with Crippen LogP contribution in [0.5, 0.6) is 0 Å². The Labute approximate surface area is 145 Å². The van der Waals surface area contributed by atoms with E-state index in [4.69, 9.17) is 0 Å². The molecule has 5 heteroatoms. The largest absolute Gasteiger partial charge is 0.355 e. The third-order valence-corrected chi connectivity index (χ3v) is 5.27. The maximum atomic E-state index is 12.1. The van der Waals surface area contributed by atoms with Gasteiger partial charge < -0.3 is 10.6 Å². The number of amides is 2. The van der Waals surface area contributed by atoms with Crippen molar-refractivity contribution in [2.75, 3.05) is 6.54 Å². The van der Waals surface area contributed by atoms with Crippen molar-refractivity contribution in [3.8, 4) is 0 Å². The van der Waals surface area contributed by atoms with Gasteiger partial charge in [-0.25, -0.2) is 0 Å². The molecule has 2 aliphatic carbocycles. The van der Waals surface area contributed by atoms with Crippen LogP contribution in [0.2, 0.25) is 0 Å². The molecule has 0 radical (unpaired) electrons. The van der Waals surface area contributed by atoms with E-state index in [1.54, 1.807) is 0 Å². The average molecular weight is 379 g/mol. The Hall–Kier alpha value is -1.36. The lowest BCUT2D eigenvalue weighted by Crippen LogP contribution is -2.36. The Balaban J connectivity index is 1.36. The number of benzene rings is 1. The highest BCUT2D eigenvalue weighted by molar-refractivity contribution is 9.10. The molecule has 1 aromatic carbocycles. The second-order valence-electron chi connectivity index (χ2n) is 6.59. The maximum absolute atomic E-state index is 12.1. The molecule has 0 spiro atoms. The first kappa shape index (κ1) is 16.5. The monoisotopic (exact) mass is 378 g/mol. The molecule has 2 atom stereocenters. The molecule has 0 aromatic heterocycles. The van der Waals surface area contributed by atoms with Crippen molar-refractivity contribution >= 4 is 27.7 Å². The van der Waals surface area contributed by atoms with E-state index in [9.17, 15) is 9.59 Å². The molecule has 0 saturated heterocycles. The van der Waals surface area contributed by atoms with Crippen LogP contribution in [0.4, 0.5) is 0 Å². The van der Waals surface area contributed by atoms with Crippen molar-refractivity contribution < 1.29 is 9.59 Å². The predicted molar refractivity (Wildman–Crippen MR) is 93.0 cm³/mol. The number of carbonyl (C=O) groups is 2. The zero-order valence-corrected chi connectivity index (χ0v) is 14.8. The number of hydrogen-bond donors (Lipinski definition) is 2. The normalized spacial score (nSPS) is 23.5. The Kier molecular flexibility index (Phi) is 5.36. The van der Waals surface area contributed by atoms with E-state index in [2.05, 4.69) is 38.7 Å². The minimum Gasteiger partial charge on any atom is -0.355 e. The van der Waals surface area contributed by atoms with Crippen molar-refractivity contribution in [3.63, 3.8) is 0 Å². The first-order chi connectivity index (χ1) is 11.1. The van der Waals surface area contributed by atoms with E-state index in [0.717, 1.165) is 23.7 Å². The van der Waals surface area contributed by atoms with Gasteiger partial charge in [0.2, 0.25) is 11.8 Å². The highest BCUT2D eigenvalue weighted by Crippen LogP contribution is 2.47. The van der Waals surface area contributed by atoms with Crippen LogP contribution in [0.3, 0.4) is 0 Å². The first-order valence-electron chi connectivity index (χ1n) is 8.46. The van der Waals surface area contributed by atoms with Crippen LogP contribution < -0.4 is 10.6 Å². The molecule has 2 amide bonds. The van der Waals surface area contributed by atoms with E-state index in [0.29, 0.717) is 24.9 Å². The van der Waals surface area contributed by atoms with Gasteiger partial charge in [-0.2, -0.15) is 0 Å². The summed E-state index contributed by atoms with van der Waals surface area (Å²) in [4.78, 5) is 24.0. The fraction of sp³-hybridized carbons (Fsp3) is 0.556. The van der Waals surface area contributed by atoms with Gasteiger partial charge in [-0.3, -0.25) is 9.59 Å². The van der Waals surface area contributed by atoms with E-state index < -0.39 is 0 Å². The first-order valence-corrected chi connectivity index (χ1v) is 9.25. The van der Waals surface area contributed by atoms with Gasteiger partial charge in [-0.05, 0) is 42.9 Å². The van der Waals surface area contributed by atoms with Crippen molar-refractivity contribution in [1.82, 2.24) is 10.6 Å². The number of halogens is 1. The van der Waals surface area contributed by atoms with Crippen LogP contribution in [0, 0.1) is 5.92 Å². The third kappa shape index (κ3) is 4.56. The van der Waals surface area contributed by atoms with Crippen LogP contribution in [-0.4, -0.2) is 24.4 Å². The summed E-state index contributed by atoms with van der Waals surface area (Å²) in [6.45, 7) is 0.430. The zero-order valence-electron chi connectivity index (χ0n) is 13.2. The lowest BCUT2D eigenvalue weighted by atomic mass is 10.1. The molecule has 4 nitrogen and oxygen atoms in total. The molecule has 23 heavy (non-hydrogen) atoms. The van der Waals surface area contributed by atoms with Crippen LogP contribution in [-0.2, 0) is 9.59 Å². The Bertz CT molecular complexity index is 584. The van der Waals surface area contributed by atoms with Crippen molar-refractivity contribution in [3.05, 3.63) is 34.3 Å². The summed E-state index contributed by atoms with van der Waals surface area (Å²) < 4.78 is 1.05. The van der Waals surface area contributed by atoms with Crippen molar-refractivity contribution in [2.24, 2.45) is 5.92 Å². The van der Waals surface area contributed by atoms with Crippen LogP contribution >= 0.6 is 15.9 Å². The van der Waals surface area contributed by atoms with Gasteiger partial charge in [0.25, 0.3) is 0 Å². The lowest BCUT2D eigenvalue weighted by Gasteiger charge is -2.12. The molecule has 0 heterocycles. The minimum absolute atomic E-state index is 0.0523. The third-order valence-electron chi connectivity index (χ3n) is 4.78. The Morgan fingerprint density at radius 2 is 2.00 bits per heavy atom. The van der Waals surface area contributed by atoms with E-state index >= 15 is 0 Å². The highest BCUT2D eigenvalue weighted by atomic mass is 79.9.